The molecule has 0 N–H and O–H groups in total. The van der Waals surface area contributed by atoms with Crippen molar-refractivity contribution in [1.82, 2.24) is 0 Å². The maximum atomic E-state index is 12.0. The van der Waals surface area contributed by atoms with Crippen molar-refractivity contribution in [3.05, 3.63) is 29.8 Å². The molecule has 2 rings (SSSR count). The molecule has 1 heterocycles. The number of benzene rings is 1. The molecule has 1 aliphatic heterocycles. The van der Waals surface area contributed by atoms with Gasteiger partial charge in [0.05, 0.1) is 23.2 Å². The van der Waals surface area contributed by atoms with Crippen LogP contribution in [0.2, 0.25) is 0 Å². The van der Waals surface area contributed by atoms with Gasteiger partial charge in [-0.15, -0.1) is 0 Å². The molecule has 0 saturated carbocycles. The SMILES string of the molecule is Cc1ccc(S(=O)(=O)OC[C@H]2CCC(C)(C)O2)cc1. The summed E-state index contributed by atoms with van der Waals surface area (Å²) in [6.07, 6.45) is 1.61. The first kappa shape index (κ1) is 14.5. The molecule has 5 heteroatoms. The van der Waals surface area contributed by atoms with Crippen LogP contribution in [-0.4, -0.2) is 26.7 Å². The van der Waals surface area contributed by atoms with Gasteiger partial charge in [0.25, 0.3) is 10.1 Å². The van der Waals surface area contributed by atoms with E-state index in [1.807, 2.05) is 20.8 Å². The van der Waals surface area contributed by atoms with E-state index in [1.165, 1.54) is 0 Å². The quantitative estimate of drug-likeness (QED) is 0.798. The van der Waals surface area contributed by atoms with Crippen molar-refractivity contribution in [3.8, 4) is 0 Å². The average Bonchev–Trinajstić information content (AvgIpc) is 2.67. The fraction of sp³-hybridized carbons (Fsp3) is 0.571. The Morgan fingerprint density at radius 3 is 2.47 bits per heavy atom. The minimum atomic E-state index is -3.68. The number of rotatable bonds is 4. The molecule has 106 valence electrons. The van der Waals surface area contributed by atoms with E-state index < -0.39 is 10.1 Å². The average molecular weight is 284 g/mol. The molecule has 1 aromatic carbocycles. The second-order valence-corrected chi connectivity index (χ2v) is 7.21. The molecule has 0 radical (unpaired) electrons. The van der Waals surface area contributed by atoms with E-state index in [2.05, 4.69) is 0 Å². The zero-order valence-electron chi connectivity index (χ0n) is 11.5. The normalized spacial score (nSPS) is 22.6. The third kappa shape index (κ3) is 3.78. The maximum absolute atomic E-state index is 12.0. The summed E-state index contributed by atoms with van der Waals surface area (Å²) in [5.41, 5.74) is 0.835. The molecule has 1 aromatic rings. The van der Waals surface area contributed by atoms with Gasteiger partial charge >= 0.3 is 0 Å². The third-order valence-corrected chi connectivity index (χ3v) is 4.57. The first-order valence-corrected chi connectivity index (χ1v) is 7.83. The van der Waals surface area contributed by atoms with Crippen LogP contribution < -0.4 is 0 Å². The van der Waals surface area contributed by atoms with Gasteiger partial charge in [0.1, 0.15) is 0 Å². The highest BCUT2D eigenvalue weighted by Crippen LogP contribution is 2.29. The van der Waals surface area contributed by atoms with Crippen molar-refractivity contribution in [1.29, 1.82) is 0 Å². The Hall–Kier alpha value is -0.910. The van der Waals surface area contributed by atoms with Crippen LogP contribution in [-0.2, 0) is 19.0 Å². The molecule has 0 unspecified atom stereocenters. The van der Waals surface area contributed by atoms with Crippen LogP contribution in [0, 0.1) is 6.92 Å². The summed E-state index contributed by atoms with van der Waals surface area (Å²) in [6.45, 7) is 5.99. The molecule has 0 aromatic heterocycles. The highest BCUT2D eigenvalue weighted by Gasteiger charge is 2.32. The smallest absolute Gasteiger partial charge is 0.297 e. The Kier molecular flexibility index (Phi) is 3.99. The number of hydrogen-bond acceptors (Lipinski definition) is 4. The number of ether oxygens (including phenoxy) is 1. The lowest BCUT2D eigenvalue weighted by molar-refractivity contribution is -0.0318. The second kappa shape index (κ2) is 5.23. The predicted octanol–water partition coefficient (Wildman–Crippen LogP) is 2.66. The number of aryl methyl sites for hydroxylation is 1. The monoisotopic (exact) mass is 284 g/mol. The fourth-order valence-corrected chi connectivity index (χ4v) is 3.07. The molecular weight excluding hydrogens is 264 g/mol. The summed E-state index contributed by atoms with van der Waals surface area (Å²) in [7, 11) is -3.68. The zero-order valence-corrected chi connectivity index (χ0v) is 12.4. The Bertz CT molecular complexity index is 531. The Labute approximate surface area is 114 Å². The van der Waals surface area contributed by atoms with E-state index in [0.29, 0.717) is 0 Å². The van der Waals surface area contributed by atoms with Gasteiger partial charge in [0, 0.05) is 0 Å². The van der Waals surface area contributed by atoms with Gasteiger partial charge in [0.15, 0.2) is 0 Å². The summed E-state index contributed by atoms with van der Waals surface area (Å²) in [5.74, 6) is 0. The summed E-state index contributed by atoms with van der Waals surface area (Å²) in [4.78, 5) is 0.190. The Balaban J connectivity index is 1.97. The van der Waals surface area contributed by atoms with Crippen LogP contribution >= 0.6 is 0 Å². The lowest BCUT2D eigenvalue weighted by Crippen LogP contribution is -2.24. The first-order valence-electron chi connectivity index (χ1n) is 6.42. The zero-order chi connectivity index (χ0) is 14.1. The summed E-state index contributed by atoms with van der Waals surface area (Å²) >= 11 is 0. The minimum Gasteiger partial charge on any atom is -0.370 e. The van der Waals surface area contributed by atoms with Gasteiger partial charge in [-0.05, 0) is 45.7 Å². The van der Waals surface area contributed by atoms with Crippen LogP contribution in [0.1, 0.15) is 32.3 Å². The lowest BCUT2D eigenvalue weighted by Gasteiger charge is -2.19. The molecule has 1 atom stereocenters. The van der Waals surface area contributed by atoms with Crippen LogP contribution in [0.25, 0.3) is 0 Å². The minimum absolute atomic E-state index is 0.0830. The van der Waals surface area contributed by atoms with E-state index >= 15 is 0 Å². The number of hydrogen-bond donors (Lipinski definition) is 0. The van der Waals surface area contributed by atoms with Gasteiger partial charge in [-0.2, -0.15) is 8.42 Å². The highest BCUT2D eigenvalue weighted by molar-refractivity contribution is 7.86. The molecule has 19 heavy (non-hydrogen) atoms. The molecule has 4 nitrogen and oxygen atoms in total. The van der Waals surface area contributed by atoms with E-state index in [0.717, 1.165) is 18.4 Å². The van der Waals surface area contributed by atoms with E-state index in [1.54, 1.807) is 24.3 Å². The fourth-order valence-electron chi connectivity index (χ4n) is 2.13. The van der Waals surface area contributed by atoms with E-state index in [4.69, 9.17) is 8.92 Å². The van der Waals surface area contributed by atoms with Gasteiger partial charge < -0.3 is 4.74 Å². The highest BCUT2D eigenvalue weighted by atomic mass is 32.2. The van der Waals surface area contributed by atoms with E-state index in [9.17, 15) is 8.42 Å². The molecular formula is C14H20O4S. The van der Waals surface area contributed by atoms with Crippen molar-refractivity contribution in [2.45, 2.75) is 50.2 Å². The molecule has 0 bridgehead atoms. The van der Waals surface area contributed by atoms with Gasteiger partial charge in [-0.25, -0.2) is 0 Å². The van der Waals surface area contributed by atoms with Gasteiger partial charge in [-0.3, -0.25) is 4.18 Å². The largest absolute Gasteiger partial charge is 0.370 e. The maximum Gasteiger partial charge on any atom is 0.297 e. The van der Waals surface area contributed by atoms with Crippen molar-refractivity contribution in [3.63, 3.8) is 0 Å². The van der Waals surface area contributed by atoms with Crippen molar-refractivity contribution >= 4 is 10.1 Å². The van der Waals surface area contributed by atoms with Gasteiger partial charge in [0.2, 0.25) is 0 Å². The van der Waals surface area contributed by atoms with Crippen LogP contribution in [0.5, 0.6) is 0 Å². The summed E-state index contributed by atoms with van der Waals surface area (Å²) < 4.78 is 34.8. The Morgan fingerprint density at radius 2 is 1.95 bits per heavy atom. The lowest BCUT2D eigenvalue weighted by atomic mass is 10.1. The van der Waals surface area contributed by atoms with Gasteiger partial charge in [-0.1, -0.05) is 17.7 Å². The first-order chi connectivity index (χ1) is 8.78. The van der Waals surface area contributed by atoms with Crippen LogP contribution in [0.15, 0.2) is 29.2 Å². The molecule has 1 fully saturated rings. The predicted molar refractivity (Wildman–Crippen MR) is 72.5 cm³/mol. The topological polar surface area (TPSA) is 52.6 Å². The third-order valence-electron chi connectivity index (χ3n) is 3.27. The van der Waals surface area contributed by atoms with Crippen molar-refractivity contribution in [2.75, 3.05) is 6.61 Å². The molecule has 0 aliphatic carbocycles. The summed E-state index contributed by atoms with van der Waals surface area (Å²) in [6, 6.07) is 6.63. The van der Waals surface area contributed by atoms with Crippen LogP contribution in [0.3, 0.4) is 0 Å². The molecule has 1 aliphatic rings. The molecule has 0 amide bonds. The summed E-state index contributed by atoms with van der Waals surface area (Å²) in [5, 5.41) is 0. The standard InChI is InChI=1S/C14H20O4S/c1-11-4-6-13(7-5-11)19(15,16)17-10-12-8-9-14(2,3)18-12/h4-7,12H,8-10H2,1-3H3/t12-/m1/s1. The molecule has 1 saturated heterocycles. The van der Waals surface area contributed by atoms with Crippen molar-refractivity contribution in [2.24, 2.45) is 0 Å². The van der Waals surface area contributed by atoms with E-state index in [-0.39, 0.29) is 23.2 Å². The van der Waals surface area contributed by atoms with Crippen LogP contribution in [0.4, 0.5) is 0 Å². The Morgan fingerprint density at radius 1 is 1.32 bits per heavy atom. The van der Waals surface area contributed by atoms with Crippen molar-refractivity contribution < 1.29 is 17.3 Å². The molecule has 0 spiro atoms. The second-order valence-electron chi connectivity index (χ2n) is 5.59.